The summed E-state index contributed by atoms with van der Waals surface area (Å²) in [4.78, 5) is 10.3. The number of carboxylic acid groups (broad SMARTS) is 1. The first kappa shape index (κ1) is 9.10. The fraction of sp³-hybridized carbons (Fsp3) is 0. The van der Waals surface area contributed by atoms with Crippen molar-refractivity contribution in [3.05, 3.63) is 30.3 Å². The van der Waals surface area contributed by atoms with E-state index in [4.69, 9.17) is 9.20 Å². The van der Waals surface area contributed by atoms with Crippen LogP contribution in [0.2, 0.25) is 0 Å². The van der Waals surface area contributed by atoms with Crippen LogP contribution in [0.5, 0.6) is 0 Å². The Balaban J connectivity index is 3.16. The summed E-state index contributed by atoms with van der Waals surface area (Å²) in [5, 5.41) is 8.41. The van der Waals surface area contributed by atoms with Crippen LogP contribution in [0.3, 0.4) is 0 Å². The minimum absolute atomic E-state index is 0.00289. The standard InChI is InChI=1S/C7H7AsO4/c9-7(10)8(11,12)6-4-2-1-3-5-6/h1-5H,(H,9,10)(H,11,12). The van der Waals surface area contributed by atoms with Crippen molar-refractivity contribution in [2.75, 3.05) is 0 Å². The van der Waals surface area contributed by atoms with E-state index in [0.717, 1.165) is 0 Å². The molecular formula is C7H7AsO4. The molecule has 0 saturated carbocycles. The van der Waals surface area contributed by atoms with Gasteiger partial charge in [-0.05, 0) is 0 Å². The molecule has 12 heavy (non-hydrogen) atoms. The molecule has 0 aromatic heterocycles. The van der Waals surface area contributed by atoms with E-state index in [1.807, 2.05) is 0 Å². The first-order valence-electron chi connectivity index (χ1n) is 3.17. The van der Waals surface area contributed by atoms with Gasteiger partial charge < -0.3 is 0 Å². The Morgan fingerprint density at radius 2 is 1.75 bits per heavy atom. The Morgan fingerprint density at radius 3 is 2.17 bits per heavy atom. The van der Waals surface area contributed by atoms with Gasteiger partial charge in [0.1, 0.15) is 0 Å². The van der Waals surface area contributed by atoms with Crippen molar-refractivity contribution in [2.45, 2.75) is 0 Å². The molecule has 0 radical (unpaired) electrons. The normalized spacial score (nSPS) is 15.1. The molecule has 0 heterocycles. The summed E-state index contributed by atoms with van der Waals surface area (Å²) in [7, 11) is 0. The van der Waals surface area contributed by atoms with Gasteiger partial charge in [0, 0.05) is 0 Å². The molecule has 0 aliphatic carbocycles. The molecule has 0 fully saturated rings. The number of hydrogen-bond acceptors (Lipinski definition) is 2. The number of hydrogen-bond donors (Lipinski definition) is 2. The number of carbonyl (C=O) groups is 1. The van der Waals surface area contributed by atoms with Gasteiger partial charge in [-0.1, -0.05) is 0 Å². The second-order valence-corrected chi connectivity index (χ2v) is 6.50. The van der Waals surface area contributed by atoms with E-state index in [9.17, 15) is 8.53 Å². The summed E-state index contributed by atoms with van der Waals surface area (Å²) in [5.74, 6) is 0. The summed E-state index contributed by atoms with van der Waals surface area (Å²) in [6.07, 6.45) is 0. The summed E-state index contributed by atoms with van der Waals surface area (Å²) >= 11 is -4.83. The fourth-order valence-corrected chi connectivity index (χ4v) is 2.41. The van der Waals surface area contributed by atoms with Crippen molar-refractivity contribution >= 4 is 22.9 Å². The maximum absolute atomic E-state index is 11.1. The van der Waals surface area contributed by atoms with E-state index in [2.05, 4.69) is 0 Å². The second-order valence-electron chi connectivity index (χ2n) is 2.19. The fourth-order valence-electron chi connectivity index (χ4n) is 0.740. The molecule has 4 nitrogen and oxygen atoms in total. The van der Waals surface area contributed by atoms with Gasteiger partial charge in [-0.15, -0.1) is 0 Å². The SMILES string of the molecule is O=C(O)[As](=O)(O)c1ccccc1. The van der Waals surface area contributed by atoms with Gasteiger partial charge in [-0.25, -0.2) is 0 Å². The Hall–Kier alpha value is -0.992. The summed E-state index contributed by atoms with van der Waals surface area (Å²) < 4.78 is 18.6. The van der Waals surface area contributed by atoms with Crippen molar-refractivity contribution < 1.29 is 17.7 Å². The summed E-state index contributed by atoms with van der Waals surface area (Å²) in [5.41, 5.74) is 0. The molecule has 0 aliphatic heterocycles. The van der Waals surface area contributed by atoms with Gasteiger partial charge in [0.15, 0.2) is 0 Å². The third-order valence-corrected chi connectivity index (χ3v) is 4.55. The molecule has 1 aromatic rings. The Bertz CT molecular complexity index is 333. The van der Waals surface area contributed by atoms with Crippen LogP contribution < -0.4 is 4.35 Å². The van der Waals surface area contributed by atoms with Crippen molar-refractivity contribution in [3.63, 3.8) is 0 Å². The van der Waals surface area contributed by atoms with Crippen molar-refractivity contribution in [3.8, 4) is 0 Å². The first-order chi connectivity index (χ1) is 5.55. The van der Waals surface area contributed by atoms with Crippen LogP contribution in [0.4, 0.5) is 4.79 Å². The number of rotatable bonds is 2. The molecule has 0 amide bonds. The molecular weight excluding hydrogens is 223 g/mol. The number of benzene rings is 1. The van der Waals surface area contributed by atoms with E-state index < -0.39 is 18.6 Å². The van der Waals surface area contributed by atoms with E-state index in [0.29, 0.717) is 0 Å². The van der Waals surface area contributed by atoms with E-state index in [1.165, 1.54) is 24.3 Å². The van der Waals surface area contributed by atoms with Crippen LogP contribution in [0.1, 0.15) is 0 Å². The van der Waals surface area contributed by atoms with Gasteiger partial charge in [0.25, 0.3) is 0 Å². The predicted molar refractivity (Wildman–Crippen MR) is 42.8 cm³/mol. The molecule has 1 atom stereocenters. The Kier molecular flexibility index (Phi) is 2.40. The zero-order chi connectivity index (χ0) is 9.19. The third-order valence-electron chi connectivity index (χ3n) is 1.37. The van der Waals surface area contributed by atoms with Gasteiger partial charge in [-0.2, -0.15) is 0 Å². The summed E-state index contributed by atoms with van der Waals surface area (Å²) in [6.45, 7) is 0. The van der Waals surface area contributed by atoms with Crippen molar-refractivity contribution in [2.24, 2.45) is 0 Å². The van der Waals surface area contributed by atoms with Crippen LogP contribution in [0, 0.1) is 0 Å². The molecule has 2 N–H and O–H groups in total. The molecule has 1 rings (SSSR count). The zero-order valence-electron chi connectivity index (χ0n) is 6.04. The Morgan fingerprint density at radius 1 is 1.25 bits per heavy atom. The topological polar surface area (TPSA) is 74.6 Å². The average molecular weight is 230 g/mol. The van der Waals surface area contributed by atoms with Gasteiger partial charge >= 0.3 is 71.0 Å². The molecule has 1 unspecified atom stereocenters. The molecule has 0 saturated heterocycles. The monoisotopic (exact) mass is 230 g/mol. The van der Waals surface area contributed by atoms with E-state index in [1.54, 1.807) is 6.07 Å². The maximum atomic E-state index is 11.1. The Labute approximate surface area is 71.5 Å². The molecule has 5 heteroatoms. The molecule has 64 valence electrons. The molecule has 1 aromatic carbocycles. The van der Waals surface area contributed by atoms with Gasteiger partial charge in [-0.3, -0.25) is 0 Å². The van der Waals surface area contributed by atoms with Gasteiger partial charge in [0.2, 0.25) is 0 Å². The van der Waals surface area contributed by atoms with Crippen molar-refractivity contribution in [1.29, 1.82) is 0 Å². The molecule has 0 aliphatic rings. The minimum atomic E-state index is -4.83. The van der Waals surface area contributed by atoms with Crippen molar-refractivity contribution in [1.82, 2.24) is 0 Å². The third kappa shape index (κ3) is 1.60. The van der Waals surface area contributed by atoms with Crippen LogP contribution >= 0.6 is 0 Å². The van der Waals surface area contributed by atoms with Crippen LogP contribution in [-0.4, -0.2) is 27.8 Å². The van der Waals surface area contributed by atoms with Crippen LogP contribution in [-0.2, 0) is 3.74 Å². The van der Waals surface area contributed by atoms with E-state index >= 15 is 0 Å². The van der Waals surface area contributed by atoms with E-state index in [-0.39, 0.29) is 4.35 Å². The van der Waals surface area contributed by atoms with Crippen LogP contribution in [0.15, 0.2) is 30.3 Å². The average Bonchev–Trinajstić information content (AvgIpc) is 2.06. The first-order valence-corrected chi connectivity index (χ1v) is 6.65. The quantitative estimate of drug-likeness (QED) is 0.702. The zero-order valence-corrected chi connectivity index (χ0v) is 7.92. The predicted octanol–water partition coefficient (Wildman–Crippen LogP) is 0.0183. The van der Waals surface area contributed by atoms with Gasteiger partial charge in [0.05, 0.1) is 0 Å². The second kappa shape index (κ2) is 3.17. The van der Waals surface area contributed by atoms with Crippen LogP contribution in [0.25, 0.3) is 0 Å². The molecule has 0 bridgehead atoms. The molecule has 0 spiro atoms. The summed E-state index contributed by atoms with van der Waals surface area (Å²) in [6, 6.07) is 7.40.